The zero-order valence-corrected chi connectivity index (χ0v) is 10.2. The van der Waals surface area contributed by atoms with Gasteiger partial charge in [0.05, 0.1) is 11.1 Å². The van der Waals surface area contributed by atoms with Crippen LogP contribution in [-0.4, -0.2) is 27.9 Å². The molecule has 1 aliphatic rings. The van der Waals surface area contributed by atoms with Crippen LogP contribution in [0.2, 0.25) is 0 Å². The fraction of sp³-hybridized carbons (Fsp3) is 0.0909. The highest BCUT2D eigenvalue weighted by Gasteiger charge is 2.18. The first-order valence-corrected chi connectivity index (χ1v) is 7.02. The second-order valence-electron chi connectivity index (χ2n) is 3.31. The van der Waals surface area contributed by atoms with Crippen LogP contribution >= 0.6 is 21.6 Å². The van der Waals surface area contributed by atoms with Crippen molar-refractivity contribution in [2.24, 2.45) is 0 Å². The molecule has 0 unspecified atom stereocenters. The van der Waals surface area contributed by atoms with Crippen LogP contribution in [0.4, 0.5) is 0 Å². The standard InChI is InChI=1S/C11H8O4S2/c12-10(13)6-1-2-7(11(14)15)8(5-6)9-3-4-16-17-9/h1-3,5H,4H2,(H,12,13)(H,14,15). The molecule has 2 rings (SSSR count). The molecule has 0 saturated carbocycles. The summed E-state index contributed by atoms with van der Waals surface area (Å²) in [5.74, 6) is -1.30. The van der Waals surface area contributed by atoms with E-state index in [2.05, 4.69) is 0 Å². The minimum atomic E-state index is -1.06. The zero-order chi connectivity index (χ0) is 12.4. The highest BCUT2D eigenvalue weighted by molar-refractivity contribution is 8.80. The van der Waals surface area contributed by atoms with E-state index in [1.807, 2.05) is 6.08 Å². The molecule has 0 bridgehead atoms. The number of carbonyl (C=O) groups is 2. The van der Waals surface area contributed by atoms with Crippen molar-refractivity contribution in [3.05, 3.63) is 41.0 Å². The predicted octanol–water partition coefficient (Wildman–Crippen LogP) is 2.82. The molecule has 0 fully saturated rings. The Bertz CT molecular complexity index is 522. The highest BCUT2D eigenvalue weighted by Crippen LogP contribution is 2.44. The van der Waals surface area contributed by atoms with Crippen LogP contribution in [0.25, 0.3) is 4.91 Å². The summed E-state index contributed by atoms with van der Waals surface area (Å²) in [6.07, 6.45) is 1.91. The number of aromatic carboxylic acids is 2. The molecule has 2 N–H and O–H groups in total. The van der Waals surface area contributed by atoms with Gasteiger partial charge in [-0.05, 0) is 18.2 Å². The van der Waals surface area contributed by atoms with Crippen molar-refractivity contribution in [3.8, 4) is 0 Å². The van der Waals surface area contributed by atoms with E-state index >= 15 is 0 Å². The molecular formula is C11H8O4S2. The largest absolute Gasteiger partial charge is 0.478 e. The van der Waals surface area contributed by atoms with Crippen molar-refractivity contribution < 1.29 is 19.8 Å². The molecule has 4 nitrogen and oxygen atoms in total. The monoisotopic (exact) mass is 268 g/mol. The van der Waals surface area contributed by atoms with Gasteiger partial charge in [-0.2, -0.15) is 0 Å². The van der Waals surface area contributed by atoms with Gasteiger partial charge in [-0.1, -0.05) is 27.7 Å². The van der Waals surface area contributed by atoms with Gasteiger partial charge < -0.3 is 10.2 Å². The maximum absolute atomic E-state index is 11.1. The van der Waals surface area contributed by atoms with Crippen molar-refractivity contribution in [2.45, 2.75) is 0 Å². The van der Waals surface area contributed by atoms with Crippen molar-refractivity contribution in [2.75, 3.05) is 5.75 Å². The Kier molecular flexibility index (Phi) is 3.44. The number of carboxylic acid groups (broad SMARTS) is 2. The quantitative estimate of drug-likeness (QED) is 0.821. The average molecular weight is 268 g/mol. The summed E-state index contributed by atoms with van der Waals surface area (Å²) in [4.78, 5) is 22.8. The van der Waals surface area contributed by atoms with Crippen LogP contribution in [0.5, 0.6) is 0 Å². The fourth-order valence-corrected chi connectivity index (χ4v) is 3.67. The normalized spacial score (nSPS) is 14.5. The van der Waals surface area contributed by atoms with Gasteiger partial charge in [0.25, 0.3) is 0 Å². The Morgan fingerprint density at radius 3 is 2.47 bits per heavy atom. The lowest BCUT2D eigenvalue weighted by Crippen LogP contribution is -2.04. The van der Waals surface area contributed by atoms with E-state index in [9.17, 15) is 9.59 Å². The molecule has 0 amide bonds. The van der Waals surface area contributed by atoms with E-state index in [0.717, 1.165) is 10.7 Å². The van der Waals surface area contributed by atoms with Gasteiger partial charge in [0.15, 0.2) is 0 Å². The van der Waals surface area contributed by atoms with Crippen LogP contribution in [0.1, 0.15) is 26.3 Å². The Balaban J connectivity index is 2.54. The van der Waals surface area contributed by atoms with Crippen LogP contribution in [0, 0.1) is 0 Å². The molecule has 1 heterocycles. The van der Waals surface area contributed by atoms with E-state index < -0.39 is 11.9 Å². The molecule has 1 aromatic carbocycles. The zero-order valence-electron chi connectivity index (χ0n) is 8.54. The number of hydrogen-bond donors (Lipinski definition) is 2. The number of carboxylic acids is 2. The maximum Gasteiger partial charge on any atom is 0.336 e. The van der Waals surface area contributed by atoms with Crippen molar-refractivity contribution in [3.63, 3.8) is 0 Å². The summed E-state index contributed by atoms with van der Waals surface area (Å²) in [5, 5.41) is 18.0. The topological polar surface area (TPSA) is 74.6 Å². The molecular weight excluding hydrogens is 260 g/mol. The lowest BCUT2D eigenvalue weighted by atomic mass is 10.0. The van der Waals surface area contributed by atoms with Crippen LogP contribution < -0.4 is 0 Å². The number of hydrogen-bond acceptors (Lipinski definition) is 4. The summed E-state index contributed by atoms with van der Waals surface area (Å²) in [6, 6.07) is 4.06. The third kappa shape index (κ3) is 2.48. The first-order valence-electron chi connectivity index (χ1n) is 4.70. The van der Waals surface area contributed by atoms with Crippen molar-refractivity contribution in [1.82, 2.24) is 0 Å². The molecule has 0 radical (unpaired) electrons. The molecule has 0 aromatic heterocycles. The second-order valence-corrected chi connectivity index (χ2v) is 5.69. The van der Waals surface area contributed by atoms with Gasteiger partial charge >= 0.3 is 11.9 Å². The summed E-state index contributed by atoms with van der Waals surface area (Å²) in [6.45, 7) is 0. The minimum absolute atomic E-state index is 0.100. The molecule has 1 aliphatic heterocycles. The summed E-state index contributed by atoms with van der Waals surface area (Å²) in [7, 11) is 3.06. The van der Waals surface area contributed by atoms with Crippen LogP contribution in [0.15, 0.2) is 24.3 Å². The van der Waals surface area contributed by atoms with E-state index in [4.69, 9.17) is 10.2 Å². The molecule has 0 atom stereocenters. The third-order valence-electron chi connectivity index (χ3n) is 2.25. The minimum Gasteiger partial charge on any atom is -0.478 e. The molecule has 0 spiro atoms. The van der Waals surface area contributed by atoms with Gasteiger partial charge in [0.1, 0.15) is 0 Å². The maximum atomic E-state index is 11.1. The van der Waals surface area contributed by atoms with E-state index in [1.165, 1.54) is 29.0 Å². The fourth-order valence-electron chi connectivity index (χ4n) is 1.46. The van der Waals surface area contributed by atoms with E-state index in [1.54, 1.807) is 10.8 Å². The lowest BCUT2D eigenvalue weighted by Gasteiger charge is -2.07. The van der Waals surface area contributed by atoms with Crippen LogP contribution in [0.3, 0.4) is 0 Å². The number of rotatable bonds is 3. The molecule has 0 aliphatic carbocycles. The van der Waals surface area contributed by atoms with Gasteiger partial charge in [-0.15, -0.1) is 0 Å². The summed E-state index contributed by atoms with van der Waals surface area (Å²) in [5.41, 5.74) is 0.715. The van der Waals surface area contributed by atoms with Crippen LogP contribution in [-0.2, 0) is 0 Å². The third-order valence-corrected chi connectivity index (χ3v) is 4.54. The molecule has 17 heavy (non-hydrogen) atoms. The second kappa shape index (κ2) is 4.85. The first-order chi connectivity index (χ1) is 8.09. The summed E-state index contributed by atoms with van der Waals surface area (Å²) < 4.78 is 0. The van der Waals surface area contributed by atoms with Gasteiger partial charge in [0, 0.05) is 16.2 Å². The molecule has 0 saturated heterocycles. The smallest absolute Gasteiger partial charge is 0.336 e. The number of benzene rings is 1. The van der Waals surface area contributed by atoms with Gasteiger partial charge in [0.2, 0.25) is 0 Å². The summed E-state index contributed by atoms with van der Waals surface area (Å²) >= 11 is 0. The highest BCUT2D eigenvalue weighted by atomic mass is 33.1. The van der Waals surface area contributed by atoms with Gasteiger partial charge in [-0.3, -0.25) is 0 Å². The van der Waals surface area contributed by atoms with E-state index in [0.29, 0.717) is 5.56 Å². The predicted molar refractivity (Wildman–Crippen MR) is 68.4 cm³/mol. The van der Waals surface area contributed by atoms with E-state index in [-0.39, 0.29) is 11.1 Å². The van der Waals surface area contributed by atoms with Crippen molar-refractivity contribution in [1.29, 1.82) is 0 Å². The molecule has 6 heteroatoms. The first kappa shape index (κ1) is 12.1. The Morgan fingerprint density at radius 2 is 1.94 bits per heavy atom. The molecule has 88 valence electrons. The average Bonchev–Trinajstić information content (AvgIpc) is 2.81. The molecule has 1 aromatic rings. The lowest BCUT2D eigenvalue weighted by molar-refractivity contribution is 0.0681. The Morgan fingerprint density at radius 1 is 1.18 bits per heavy atom. The Hall–Kier alpha value is -1.40. The Labute approximate surface area is 105 Å². The van der Waals surface area contributed by atoms with Gasteiger partial charge in [-0.25, -0.2) is 9.59 Å². The SMILES string of the molecule is O=C(O)c1ccc(C(=O)O)c(C2=CCSS2)c1. The van der Waals surface area contributed by atoms with Crippen molar-refractivity contribution >= 4 is 38.4 Å².